The van der Waals surface area contributed by atoms with E-state index in [9.17, 15) is 4.79 Å². The van der Waals surface area contributed by atoms with Gasteiger partial charge in [-0.3, -0.25) is 4.79 Å². The van der Waals surface area contributed by atoms with E-state index in [1.165, 1.54) is 32.1 Å². The van der Waals surface area contributed by atoms with Crippen molar-refractivity contribution < 1.29 is 9.90 Å². The first-order valence-electron chi connectivity index (χ1n) is 5.52. The molecule has 0 radical (unpaired) electrons. The van der Waals surface area contributed by atoms with Crippen LogP contribution in [0.25, 0.3) is 0 Å². The summed E-state index contributed by atoms with van der Waals surface area (Å²) >= 11 is 2.41. The molecule has 2 aliphatic rings. The van der Waals surface area contributed by atoms with Crippen LogP contribution in [0.1, 0.15) is 44.9 Å². The zero-order chi connectivity index (χ0) is 10.2. The van der Waals surface area contributed by atoms with Gasteiger partial charge in [-0.1, -0.05) is 48.3 Å². The second-order valence-electron chi connectivity index (χ2n) is 4.81. The molecule has 3 heteroatoms. The molecule has 1 unspecified atom stereocenters. The van der Waals surface area contributed by atoms with Gasteiger partial charge in [0.25, 0.3) is 0 Å². The highest BCUT2D eigenvalue weighted by Gasteiger charge is 2.52. The predicted octanol–water partition coefficient (Wildman–Crippen LogP) is 3.24. The molecule has 3 atom stereocenters. The summed E-state index contributed by atoms with van der Waals surface area (Å²) in [6.07, 6.45) is 8.15. The van der Waals surface area contributed by atoms with E-state index in [4.69, 9.17) is 5.11 Å². The molecule has 0 heterocycles. The third kappa shape index (κ3) is 1.92. The van der Waals surface area contributed by atoms with E-state index in [1.807, 2.05) is 0 Å². The molecule has 14 heavy (non-hydrogen) atoms. The fourth-order valence-electron chi connectivity index (χ4n) is 3.19. The molecule has 2 nitrogen and oxygen atoms in total. The SMILES string of the molecule is O=C(O)C[C@]1(I)C[C@@H]2CCCCCC21. The third-order valence-corrected chi connectivity index (χ3v) is 5.49. The number of hydrogen-bond donors (Lipinski definition) is 1. The summed E-state index contributed by atoms with van der Waals surface area (Å²) < 4.78 is 0.0958. The fraction of sp³-hybridized carbons (Fsp3) is 0.909. The quantitative estimate of drug-likeness (QED) is 0.628. The molecule has 2 saturated carbocycles. The number of carboxylic acid groups (broad SMARTS) is 1. The minimum absolute atomic E-state index is 0.0958. The summed E-state index contributed by atoms with van der Waals surface area (Å²) in [5.74, 6) is 0.914. The first-order valence-corrected chi connectivity index (χ1v) is 6.60. The standard InChI is InChI=1S/C11H17IO2/c12-11(7-10(13)14)6-8-4-2-1-3-5-9(8)11/h8-9H,1-7H2,(H,13,14)/t8-,9?,11+/m0/s1. The molecule has 2 rings (SSSR count). The number of rotatable bonds is 2. The van der Waals surface area contributed by atoms with E-state index >= 15 is 0 Å². The van der Waals surface area contributed by atoms with Crippen LogP contribution < -0.4 is 0 Å². The van der Waals surface area contributed by atoms with Gasteiger partial charge in [0.1, 0.15) is 0 Å². The zero-order valence-electron chi connectivity index (χ0n) is 8.34. The van der Waals surface area contributed by atoms with Gasteiger partial charge in [0.05, 0.1) is 6.42 Å². The smallest absolute Gasteiger partial charge is 0.304 e. The Balaban J connectivity index is 1.99. The van der Waals surface area contributed by atoms with Gasteiger partial charge in [0, 0.05) is 3.42 Å². The van der Waals surface area contributed by atoms with Crippen LogP contribution in [-0.4, -0.2) is 14.5 Å². The maximum atomic E-state index is 10.8. The van der Waals surface area contributed by atoms with E-state index in [1.54, 1.807) is 0 Å². The summed E-state index contributed by atoms with van der Waals surface area (Å²) in [7, 11) is 0. The lowest BCUT2D eigenvalue weighted by Gasteiger charge is -2.51. The number of hydrogen-bond acceptors (Lipinski definition) is 1. The summed E-state index contributed by atoms with van der Waals surface area (Å²) in [6.45, 7) is 0. The average molecular weight is 308 g/mol. The van der Waals surface area contributed by atoms with Crippen LogP contribution in [0, 0.1) is 11.8 Å². The Kier molecular flexibility index (Phi) is 3.05. The number of carboxylic acids is 1. The van der Waals surface area contributed by atoms with Crippen LogP contribution >= 0.6 is 22.6 Å². The van der Waals surface area contributed by atoms with E-state index < -0.39 is 5.97 Å². The largest absolute Gasteiger partial charge is 0.481 e. The van der Waals surface area contributed by atoms with Gasteiger partial charge in [-0.15, -0.1) is 0 Å². The highest BCUT2D eigenvalue weighted by atomic mass is 127. The Morgan fingerprint density at radius 1 is 1.36 bits per heavy atom. The second kappa shape index (κ2) is 3.99. The van der Waals surface area contributed by atoms with Gasteiger partial charge in [0.2, 0.25) is 0 Å². The van der Waals surface area contributed by atoms with Crippen LogP contribution in [0.15, 0.2) is 0 Å². The second-order valence-corrected chi connectivity index (χ2v) is 6.96. The minimum atomic E-state index is -0.623. The molecule has 0 spiro atoms. The van der Waals surface area contributed by atoms with Gasteiger partial charge in [-0.05, 0) is 24.7 Å². The van der Waals surface area contributed by atoms with E-state index in [-0.39, 0.29) is 3.42 Å². The first kappa shape index (κ1) is 10.7. The van der Waals surface area contributed by atoms with Crippen LogP contribution in [0.5, 0.6) is 0 Å². The zero-order valence-corrected chi connectivity index (χ0v) is 10.5. The Hall–Kier alpha value is 0.200. The Labute approximate surface area is 98.6 Å². The number of fused-ring (bicyclic) bond motifs is 1. The molecule has 80 valence electrons. The monoisotopic (exact) mass is 308 g/mol. The molecule has 2 fully saturated rings. The fourth-order valence-corrected chi connectivity index (χ4v) is 4.90. The molecule has 1 N–H and O–H groups in total. The van der Waals surface area contributed by atoms with Crippen LogP contribution in [-0.2, 0) is 4.79 Å². The van der Waals surface area contributed by atoms with Gasteiger partial charge >= 0.3 is 5.97 Å². The first-order chi connectivity index (χ1) is 6.62. The highest BCUT2D eigenvalue weighted by Crippen LogP contribution is 2.57. The number of aliphatic carboxylic acids is 1. The Morgan fingerprint density at radius 3 is 2.79 bits per heavy atom. The van der Waals surface area contributed by atoms with Gasteiger partial charge in [0.15, 0.2) is 0 Å². The maximum Gasteiger partial charge on any atom is 0.304 e. The number of halogens is 1. The normalized spacial score (nSPS) is 42.1. The topological polar surface area (TPSA) is 37.3 Å². The molecular weight excluding hydrogens is 291 g/mol. The lowest BCUT2D eigenvalue weighted by atomic mass is 9.61. The van der Waals surface area contributed by atoms with Crippen molar-refractivity contribution in [2.24, 2.45) is 11.8 Å². The van der Waals surface area contributed by atoms with Crippen molar-refractivity contribution in [3.8, 4) is 0 Å². The van der Waals surface area contributed by atoms with Crippen molar-refractivity contribution in [1.82, 2.24) is 0 Å². The van der Waals surface area contributed by atoms with Crippen molar-refractivity contribution in [2.45, 2.75) is 48.4 Å². The van der Waals surface area contributed by atoms with Crippen molar-refractivity contribution in [1.29, 1.82) is 0 Å². The average Bonchev–Trinajstić information content (AvgIpc) is 2.25. The third-order valence-electron chi connectivity index (χ3n) is 3.87. The maximum absolute atomic E-state index is 10.8. The lowest BCUT2D eigenvalue weighted by molar-refractivity contribution is -0.139. The molecule has 0 amide bonds. The molecule has 0 bridgehead atoms. The van der Waals surface area contributed by atoms with Crippen molar-refractivity contribution in [2.75, 3.05) is 0 Å². The van der Waals surface area contributed by atoms with Crippen molar-refractivity contribution >= 4 is 28.6 Å². The van der Waals surface area contributed by atoms with E-state index in [2.05, 4.69) is 22.6 Å². The molecule has 0 saturated heterocycles. The molecule has 0 aromatic carbocycles. The number of carbonyl (C=O) groups is 1. The summed E-state index contributed by atoms with van der Waals surface area (Å²) in [4.78, 5) is 10.8. The number of alkyl halides is 1. The van der Waals surface area contributed by atoms with Crippen molar-refractivity contribution in [3.05, 3.63) is 0 Å². The minimum Gasteiger partial charge on any atom is -0.481 e. The van der Waals surface area contributed by atoms with Crippen molar-refractivity contribution in [3.63, 3.8) is 0 Å². The van der Waals surface area contributed by atoms with E-state index in [0.717, 1.165) is 12.3 Å². The Bertz CT molecular complexity index is 241. The molecular formula is C11H17IO2. The molecule has 0 aliphatic heterocycles. The van der Waals surface area contributed by atoms with Crippen LogP contribution in [0.4, 0.5) is 0 Å². The van der Waals surface area contributed by atoms with E-state index in [0.29, 0.717) is 12.3 Å². The van der Waals surface area contributed by atoms with Gasteiger partial charge in [-0.2, -0.15) is 0 Å². The molecule has 2 aliphatic carbocycles. The summed E-state index contributed by atoms with van der Waals surface area (Å²) in [5, 5.41) is 8.87. The summed E-state index contributed by atoms with van der Waals surface area (Å²) in [6, 6.07) is 0. The molecule has 0 aromatic heterocycles. The van der Waals surface area contributed by atoms with Crippen LogP contribution in [0.3, 0.4) is 0 Å². The summed E-state index contributed by atoms with van der Waals surface area (Å²) in [5.41, 5.74) is 0. The highest BCUT2D eigenvalue weighted by molar-refractivity contribution is 14.1. The Morgan fingerprint density at radius 2 is 2.07 bits per heavy atom. The van der Waals surface area contributed by atoms with Crippen LogP contribution in [0.2, 0.25) is 0 Å². The lowest BCUT2D eigenvalue weighted by Crippen LogP contribution is -2.50. The van der Waals surface area contributed by atoms with Gasteiger partial charge in [-0.25, -0.2) is 0 Å². The molecule has 0 aromatic rings. The predicted molar refractivity (Wildman–Crippen MR) is 63.7 cm³/mol. The van der Waals surface area contributed by atoms with Gasteiger partial charge < -0.3 is 5.11 Å².